The van der Waals surface area contributed by atoms with Gasteiger partial charge in [0, 0.05) is 6.54 Å². The van der Waals surface area contributed by atoms with Crippen LogP contribution in [0, 0.1) is 0 Å². The van der Waals surface area contributed by atoms with Gasteiger partial charge in [0.25, 0.3) is 11.8 Å². The molecule has 0 saturated heterocycles. The lowest BCUT2D eigenvalue weighted by Crippen LogP contribution is -2.31. The van der Waals surface area contributed by atoms with E-state index in [0.29, 0.717) is 35.9 Å². The number of benzene rings is 1. The van der Waals surface area contributed by atoms with Crippen LogP contribution in [0.1, 0.15) is 70.3 Å². The molecule has 31 heavy (non-hydrogen) atoms. The van der Waals surface area contributed by atoms with Gasteiger partial charge in [0.2, 0.25) is 0 Å². The third kappa shape index (κ3) is 4.33. The van der Waals surface area contributed by atoms with E-state index < -0.39 is 6.04 Å². The number of rotatable bonds is 7. The largest absolute Gasteiger partial charge is 0.373 e. The summed E-state index contributed by atoms with van der Waals surface area (Å²) in [6.07, 6.45) is 0.748. The molecule has 0 aliphatic carbocycles. The maximum Gasteiger partial charge on any atom is 0.268 e. The summed E-state index contributed by atoms with van der Waals surface area (Å²) in [6, 6.07) is 10.9. The first-order valence-corrected chi connectivity index (χ1v) is 10.3. The van der Waals surface area contributed by atoms with E-state index in [0.717, 1.165) is 12.0 Å². The number of hydrogen-bond acceptors (Lipinski definition) is 6. The van der Waals surface area contributed by atoms with E-state index in [9.17, 15) is 9.59 Å². The second kappa shape index (κ2) is 9.09. The lowest BCUT2D eigenvalue weighted by Gasteiger charge is -2.21. The first-order chi connectivity index (χ1) is 15.1. The van der Waals surface area contributed by atoms with Crippen LogP contribution in [0.2, 0.25) is 0 Å². The van der Waals surface area contributed by atoms with Gasteiger partial charge in [-0.05, 0) is 35.4 Å². The Balaban J connectivity index is 1.57. The molecule has 10 nitrogen and oxygen atoms in total. The number of aromatic amines is 1. The van der Waals surface area contributed by atoms with Crippen LogP contribution in [0.15, 0.2) is 36.4 Å². The van der Waals surface area contributed by atoms with E-state index in [-0.39, 0.29) is 24.5 Å². The average molecular weight is 423 g/mol. The molecule has 2 atom stereocenters. The molecule has 3 N–H and O–H groups in total. The minimum absolute atomic E-state index is 0.120. The van der Waals surface area contributed by atoms with Crippen LogP contribution in [0.5, 0.6) is 0 Å². The zero-order chi connectivity index (χ0) is 21.8. The second-order valence-corrected chi connectivity index (χ2v) is 7.42. The van der Waals surface area contributed by atoms with Crippen molar-refractivity contribution in [3.05, 3.63) is 64.7 Å². The molecule has 1 aliphatic rings. The van der Waals surface area contributed by atoms with Crippen molar-refractivity contribution >= 4 is 11.8 Å². The van der Waals surface area contributed by atoms with Gasteiger partial charge in [0.1, 0.15) is 5.69 Å². The van der Waals surface area contributed by atoms with Crippen LogP contribution < -0.4 is 10.6 Å². The van der Waals surface area contributed by atoms with Crippen molar-refractivity contribution in [2.75, 3.05) is 6.61 Å². The maximum atomic E-state index is 13.2. The first-order valence-electron chi connectivity index (χ1n) is 10.3. The number of aromatic nitrogens is 5. The highest BCUT2D eigenvalue weighted by molar-refractivity contribution is 6.01. The van der Waals surface area contributed by atoms with Crippen molar-refractivity contribution in [1.29, 1.82) is 0 Å². The minimum atomic E-state index is -0.409. The van der Waals surface area contributed by atoms with Crippen LogP contribution in [-0.4, -0.2) is 43.6 Å². The summed E-state index contributed by atoms with van der Waals surface area (Å²) >= 11 is 0. The van der Waals surface area contributed by atoms with Crippen LogP contribution in [0.4, 0.5) is 0 Å². The van der Waals surface area contributed by atoms with E-state index >= 15 is 0 Å². The quantitative estimate of drug-likeness (QED) is 0.533. The molecule has 0 saturated carbocycles. The summed E-state index contributed by atoms with van der Waals surface area (Å²) < 4.78 is 7.42. The number of tetrazole rings is 1. The van der Waals surface area contributed by atoms with Crippen LogP contribution in [0.25, 0.3) is 0 Å². The highest BCUT2D eigenvalue weighted by Gasteiger charge is 2.28. The van der Waals surface area contributed by atoms with E-state index in [1.54, 1.807) is 13.0 Å². The number of nitrogens with zero attached hydrogens (tertiary/aromatic N) is 4. The molecule has 0 radical (unpaired) electrons. The zero-order valence-corrected chi connectivity index (χ0v) is 17.5. The summed E-state index contributed by atoms with van der Waals surface area (Å²) in [7, 11) is 0. The van der Waals surface area contributed by atoms with E-state index in [1.807, 2.05) is 41.8 Å². The van der Waals surface area contributed by atoms with Crippen LogP contribution >= 0.6 is 0 Å². The average Bonchev–Trinajstić information content (AvgIpc) is 3.46. The molecule has 0 bridgehead atoms. The molecule has 2 amide bonds. The predicted molar refractivity (Wildman–Crippen MR) is 111 cm³/mol. The number of amides is 2. The minimum Gasteiger partial charge on any atom is -0.373 e. The van der Waals surface area contributed by atoms with E-state index in [2.05, 4.69) is 31.3 Å². The normalized spacial score (nSPS) is 15.0. The van der Waals surface area contributed by atoms with Gasteiger partial charge < -0.3 is 19.9 Å². The van der Waals surface area contributed by atoms with Crippen molar-refractivity contribution < 1.29 is 14.3 Å². The first kappa shape index (κ1) is 20.7. The van der Waals surface area contributed by atoms with Crippen molar-refractivity contribution in [2.24, 2.45) is 0 Å². The Kier molecular flexibility index (Phi) is 6.08. The van der Waals surface area contributed by atoms with Gasteiger partial charge in [0.05, 0.1) is 36.6 Å². The summed E-state index contributed by atoms with van der Waals surface area (Å²) in [5, 5.41) is 19.5. The molecule has 0 fully saturated rings. The summed E-state index contributed by atoms with van der Waals surface area (Å²) in [6.45, 7) is 5.06. The number of ether oxygens (including phenoxy) is 1. The van der Waals surface area contributed by atoms with Crippen molar-refractivity contribution in [1.82, 2.24) is 35.8 Å². The third-order valence-electron chi connectivity index (χ3n) is 5.42. The highest BCUT2D eigenvalue weighted by Crippen LogP contribution is 2.24. The topological polar surface area (TPSA) is 127 Å². The lowest BCUT2D eigenvalue weighted by atomic mass is 10.0. The van der Waals surface area contributed by atoms with Gasteiger partial charge in [-0.2, -0.15) is 0 Å². The Morgan fingerprint density at radius 2 is 2.03 bits per heavy atom. The molecule has 0 spiro atoms. The third-order valence-corrected chi connectivity index (χ3v) is 5.42. The monoisotopic (exact) mass is 423 g/mol. The standard InChI is InChI=1S/C21H25N7O3/c1-3-16(14-7-5-4-6-8-14)23-20(29)15-11-17(28-9-10-31-12-18(15)28)21(30)22-13(2)19-24-26-27-25-19/h4-8,11,13,16H,3,9-10,12H2,1-2H3,(H,22,30)(H,23,29)(H,24,25,26,27)/t13?,16-/m1/s1. The van der Waals surface area contributed by atoms with E-state index in [4.69, 9.17) is 4.74 Å². The molecular formula is C21H25N7O3. The molecule has 2 aromatic heterocycles. The molecule has 1 unspecified atom stereocenters. The Bertz CT molecular complexity index is 1050. The van der Waals surface area contributed by atoms with Crippen molar-refractivity contribution in [3.8, 4) is 0 Å². The molecule has 4 rings (SSSR count). The number of hydrogen-bond donors (Lipinski definition) is 3. The molecule has 10 heteroatoms. The number of H-pyrrole nitrogens is 1. The predicted octanol–water partition coefficient (Wildman–Crippen LogP) is 1.90. The smallest absolute Gasteiger partial charge is 0.268 e. The van der Waals surface area contributed by atoms with Gasteiger partial charge in [-0.1, -0.05) is 37.3 Å². The second-order valence-electron chi connectivity index (χ2n) is 7.42. The van der Waals surface area contributed by atoms with Crippen molar-refractivity contribution in [3.63, 3.8) is 0 Å². The van der Waals surface area contributed by atoms with Crippen LogP contribution in [0.3, 0.4) is 0 Å². The molecule has 3 aromatic rings. The van der Waals surface area contributed by atoms with Crippen molar-refractivity contribution in [2.45, 2.75) is 45.5 Å². The lowest BCUT2D eigenvalue weighted by molar-refractivity contribution is 0.0774. The van der Waals surface area contributed by atoms with Gasteiger partial charge in [-0.15, -0.1) is 5.10 Å². The Hall–Kier alpha value is -3.53. The SMILES string of the molecule is CC[C@@H](NC(=O)c1cc(C(=O)NC(C)c2nnn[nH]2)n2c1COCC2)c1ccccc1. The Morgan fingerprint density at radius 1 is 1.23 bits per heavy atom. The van der Waals surface area contributed by atoms with Gasteiger partial charge in [0.15, 0.2) is 5.82 Å². The van der Waals surface area contributed by atoms with E-state index in [1.165, 1.54) is 0 Å². The highest BCUT2D eigenvalue weighted by atomic mass is 16.5. The Morgan fingerprint density at radius 3 is 2.74 bits per heavy atom. The fraction of sp³-hybridized carbons (Fsp3) is 0.381. The maximum absolute atomic E-state index is 13.2. The number of carbonyl (C=O) groups excluding carboxylic acids is 2. The Labute approximate surface area is 179 Å². The molecule has 162 valence electrons. The molecule has 1 aromatic carbocycles. The molecule has 3 heterocycles. The van der Waals surface area contributed by atoms with Gasteiger partial charge in [-0.25, -0.2) is 5.10 Å². The number of carbonyl (C=O) groups is 2. The fourth-order valence-electron chi connectivity index (χ4n) is 3.74. The van der Waals surface area contributed by atoms with Crippen LogP contribution in [-0.2, 0) is 17.9 Å². The molecular weight excluding hydrogens is 398 g/mol. The zero-order valence-electron chi connectivity index (χ0n) is 17.5. The van der Waals surface area contributed by atoms with Gasteiger partial charge in [-0.3, -0.25) is 9.59 Å². The summed E-state index contributed by atoms with van der Waals surface area (Å²) in [5.74, 6) is -0.0774. The summed E-state index contributed by atoms with van der Waals surface area (Å²) in [5.41, 5.74) is 2.60. The van der Waals surface area contributed by atoms with Gasteiger partial charge >= 0.3 is 0 Å². The summed E-state index contributed by atoms with van der Waals surface area (Å²) in [4.78, 5) is 26.1. The number of nitrogens with one attached hydrogen (secondary N) is 3. The number of fused-ring (bicyclic) bond motifs is 1. The molecule has 1 aliphatic heterocycles. The fourth-order valence-corrected chi connectivity index (χ4v) is 3.74.